The van der Waals surface area contributed by atoms with Crippen molar-refractivity contribution in [1.82, 2.24) is 15.2 Å². The van der Waals surface area contributed by atoms with E-state index in [0.717, 1.165) is 18.4 Å². The third-order valence-electron chi connectivity index (χ3n) is 5.40. The second-order valence-electron chi connectivity index (χ2n) is 7.70. The number of nitrogens with zero attached hydrogens (tertiary/aromatic N) is 2. The highest BCUT2D eigenvalue weighted by Crippen LogP contribution is 2.27. The summed E-state index contributed by atoms with van der Waals surface area (Å²) in [7, 11) is 0. The van der Waals surface area contributed by atoms with E-state index in [1.54, 1.807) is 41.4 Å². The van der Waals surface area contributed by atoms with E-state index in [2.05, 4.69) is 10.3 Å². The average Bonchev–Trinajstić information content (AvgIpc) is 3.26. The molecule has 1 N–H and O–H groups in total. The molecular weight excluding hydrogens is 397 g/mol. The SMILES string of the molecule is O=C(NCC(=O)N1CCCC(c2ncc(Cc3cccc(F)c3)o2)C1)c1ccccc1. The molecule has 0 saturated carbocycles. The molecule has 2 heterocycles. The lowest BCUT2D eigenvalue weighted by Gasteiger charge is -2.31. The van der Waals surface area contributed by atoms with Crippen LogP contribution in [-0.2, 0) is 11.2 Å². The fraction of sp³-hybridized carbons (Fsp3) is 0.292. The highest BCUT2D eigenvalue weighted by atomic mass is 19.1. The van der Waals surface area contributed by atoms with E-state index in [0.29, 0.717) is 36.7 Å². The fourth-order valence-electron chi connectivity index (χ4n) is 3.81. The highest BCUT2D eigenvalue weighted by molar-refractivity contribution is 5.96. The van der Waals surface area contributed by atoms with Gasteiger partial charge in [0.25, 0.3) is 5.91 Å². The van der Waals surface area contributed by atoms with E-state index in [4.69, 9.17) is 4.42 Å². The quantitative estimate of drug-likeness (QED) is 0.661. The first-order chi connectivity index (χ1) is 15.1. The maximum Gasteiger partial charge on any atom is 0.251 e. The maximum atomic E-state index is 13.4. The lowest BCUT2D eigenvalue weighted by Crippen LogP contribution is -2.44. The van der Waals surface area contributed by atoms with Crippen LogP contribution in [-0.4, -0.2) is 41.3 Å². The Labute approximate surface area is 180 Å². The minimum absolute atomic E-state index is 0.00350. The van der Waals surface area contributed by atoms with E-state index in [-0.39, 0.29) is 30.1 Å². The van der Waals surface area contributed by atoms with Crippen LogP contribution in [0.4, 0.5) is 4.39 Å². The summed E-state index contributed by atoms with van der Waals surface area (Å²) < 4.78 is 19.3. The minimum Gasteiger partial charge on any atom is -0.445 e. The zero-order chi connectivity index (χ0) is 21.6. The van der Waals surface area contributed by atoms with Crippen molar-refractivity contribution in [3.05, 3.63) is 89.4 Å². The molecule has 2 amide bonds. The Kier molecular flexibility index (Phi) is 6.40. The van der Waals surface area contributed by atoms with Crippen molar-refractivity contribution >= 4 is 11.8 Å². The predicted molar refractivity (Wildman–Crippen MR) is 113 cm³/mol. The maximum absolute atomic E-state index is 13.4. The van der Waals surface area contributed by atoms with Crippen LogP contribution in [0.1, 0.15) is 46.3 Å². The number of rotatable bonds is 6. The smallest absolute Gasteiger partial charge is 0.251 e. The number of piperidine rings is 1. The second-order valence-corrected chi connectivity index (χ2v) is 7.70. The standard InChI is InChI=1S/C24H24FN3O3/c25-20-10-4-6-17(12-20)13-21-14-27-24(31-21)19-9-5-11-28(16-19)22(29)15-26-23(30)18-7-2-1-3-8-18/h1-4,6-8,10,12,14,19H,5,9,11,13,15-16H2,(H,26,30). The molecule has 6 nitrogen and oxygen atoms in total. The summed E-state index contributed by atoms with van der Waals surface area (Å²) in [6.45, 7) is 1.10. The monoisotopic (exact) mass is 421 g/mol. The normalized spacial score (nSPS) is 16.2. The molecule has 1 saturated heterocycles. The molecule has 1 atom stereocenters. The third kappa shape index (κ3) is 5.36. The number of likely N-dealkylation sites (tertiary alicyclic amines) is 1. The molecule has 1 aromatic heterocycles. The fourth-order valence-corrected chi connectivity index (χ4v) is 3.81. The molecule has 160 valence electrons. The van der Waals surface area contributed by atoms with Gasteiger partial charge in [0.15, 0.2) is 5.89 Å². The van der Waals surface area contributed by atoms with Crippen LogP contribution >= 0.6 is 0 Å². The van der Waals surface area contributed by atoms with Gasteiger partial charge in [-0.05, 0) is 42.7 Å². The Bertz CT molecular complexity index is 1050. The van der Waals surface area contributed by atoms with E-state index >= 15 is 0 Å². The first-order valence-electron chi connectivity index (χ1n) is 10.4. The topological polar surface area (TPSA) is 75.4 Å². The van der Waals surface area contributed by atoms with Crippen LogP contribution in [0.25, 0.3) is 0 Å². The largest absolute Gasteiger partial charge is 0.445 e. The number of carbonyl (C=O) groups excluding carboxylic acids is 2. The summed E-state index contributed by atoms with van der Waals surface area (Å²) in [4.78, 5) is 30.9. The lowest BCUT2D eigenvalue weighted by molar-refractivity contribution is -0.131. The first-order valence-corrected chi connectivity index (χ1v) is 10.4. The molecular formula is C24H24FN3O3. The van der Waals surface area contributed by atoms with Crippen molar-refractivity contribution in [3.63, 3.8) is 0 Å². The number of benzene rings is 2. The molecule has 2 aromatic carbocycles. The van der Waals surface area contributed by atoms with Crippen LogP contribution < -0.4 is 5.32 Å². The summed E-state index contributed by atoms with van der Waals surface area (Å²) in [5, 5.41) is 2.69. The number of aromatic nitrogens is 1. The zero-order valence-corrected chi connectivity index (χ0v) is 17.1. The molecule has 7 heteroatoms. The van der Waals surface area contributed by atoms with Gasteiger partial charge in [-0.25, -0.2) is 9.37 Å². The van der Waals surface area contributed by atoms with Crippen LogP contribution in [0.3, 0.4) is 0 Å². The van der Waals surface area contributed by atoms with Crippen LogP contribution in [0.15, 0.2) is 65.2 Å². The summed E-state index contributed by atoms with van der Waals surface area (Å²) >= 11 is 0. The summed E-state index contributed by atoms with van der Waals surface area (Å²) in [5.74, 6) is 0.593. The predicted octanol–water partition coefficient (Wildman–Crippen LogP) is 3.54. The third-order valence-corrected chi connectivity index (χ3v) is 5.40. The average molecular weight is 421 g/mol. The van der Waals surface area contributed by atoms with Crippen LogP contribution in [0, 0.1) is 5.82 Å². The van der Waals surface area contributed by atoms with Gasteiger partial charge >= 0.3 is 0 Å². The summed E-state index contributed by atoms with van der Waals surface area (Å²) in [6, 6.07) is 15.2. The summed E-state index contributed by atoms with van der Waals surface area (Å²) in [6.07, 6.45) is 3.84. The molecule has 4 rings (SSSR count). The highest BCUT2D eigenvalue weighted by Gasteiger charge is 2.28. The second kappa shape index (κ2) is 9.55. The molecule has 1 fully saturated rings. The van der Waals surface area contributed by atoms with Crippen molar-refractivity contribution in [1.29, 1.82) is 0 Å². The van der Waals surface area contributed by atoms with Crippen LogP contribution in [0.5, 0.6) is 0 Å². The van der Waals surface area contributed by atoms with Gasteiger partial charge in [0, 0.05) is 25.1 Å². The van der Waals surface area contributed by atoms with E-state index in [1.807, 2.05) is 12.1 Å². The van der Waals surface area contributed by atoms with Gasteiger partial charge in [0.05, 0.1) is 18.7 Å². The Balaban J connectivity index is 1.32. The summed E-state index contributed by atoms with van der Waals surface area (Å²) in [5.41, 5.74) is 1.34. The molecule has 0 bridgehead atoms. The van der Waals surface area contributed by atoms with Gasteiger partial charge in [0.2, 0.25) is 5.91 Å². The first kappa shape index (κ1) is 20.8. The molecule has 1 aliphatic rings. The zero-order valence-electron chi connectivity index (χ0n) is 17.1. The minimum atomic E-state index is -0.280. The van der Waals surface area contributed by atoms with Gasteiger partial charge in [-0.15, -0.1) is 0 Å². The van der Waals surface area contributed by atoms with Crippen molar-refractivity contribution in [3.8, 4) is 0 Å². The Morgan fingerprint density at radius 3 is 2.81 bits per heavy atom. The van der Waals surface area contributed by atoms with Gasteiger partial charge in [-0.1, -0.05) is 30.3 Å². The number of halogens is 1. The lowest BCUT2D eigenvalue weighted by atomic mass is 9.98. The Hall–Kier alpha value is -3.48. The Morgan fingerprint density at radius 1 is 1.16 bits per heavy atom. The molecule has 1 aliphatic heterocycles. The van der Waals surface area contributed by atoms with Gasteiger partial charge < -0.3 is 14.6 Å². The number of amides is 2. The number of nitrogens with one attached hydrogen (secondary N) is 1. The van der Waals surface area contributed by atoms with Crippen molar-refractivity contribution < 1.29 is 18.4 Å². The van der Waals surface area contributed by atoms with Gasteiger partial charge in [-0.2, -0.15) is 0 Å². The number of hydrogen-bond donors (Lipinski definition) is 1. The number of carbonyl (C=O) groups is 2. The molecule has 0 spiro atoms. The van der Waals surface area contributed by atoms with Crippen molar-refractivity contribution in [2.24, 2.45) is 0 Å². The number of oxazole rings is 1. The van der Waals surface area contributed by atoms with Crippen LogP contribution in [0.2, 0.25) is 0 Å². The molecule has 1 unspecified atom stereocenters. The number of hydrogen-bond acceptors (Lipinski definition) is 4. The van der Waals surface area contributed by atoms with Crippen molar-refractivity contribution in [2.75, 3.05) is 19.6 Å². The van der Waals surface area contributed by atoms with Crippen molar-refractivity contribution in [2.45, 2.75) is 25.2 Å². The molecule has 3 aromatic rings. The van der Waals surface area contributed by atoms with E-state index in [9.17, 15) is 14.0 Å². The molecule has 31 heavy (non-hydrogen) atoms. The van der Waals surface area contributed by atoms with E-state index < -0.39 is 0 Å². The van der Waals surface area contributed by atoms with E-state index in [1.165, 1.54) is 12.1 Å². The van der Waals surface area contributed by atoms with Gasteiger partial charge in [0.1, 0.15) is 11.6 Å². The molecule has 0 aliphatic carbocycles. The van der Waals surface area contributed by atoms with Gasteiger partial charge in [-0.3, -0.25) is 9.59 Å². The Morgan fingerprint density at radius 2 is 2.00 bits per heavy atom. The molecule has 0 radical (unpaired) electrons.